The lowest BCUT2D eigenvalue weighted by molar-refractivity contribution is -0.137. The predicted molar refractivity (Wildman–Crippen MR) is 84.5 cm³/mol. The average molecular weight is 301 g/mol. The van der Waals surface area contributed by atoms with Gasteiger partial charge in [0.2, 0.25) is 0 Å². The number of nitrogens with zero attached hydrogens (tertiary/aromatic N) is 1. The number of hydrogen-bond acceptors (Lipinski definition) is 3. The lowest BCUT2D eigenvalue weighted by atomic mass is 10.1. The summed E-state index contributed by atoms with van der Waals surface area (Å²) in [6.45, 7) is 8.54. The lowest BCUT2D eigenvalue weighted by Crippen LogP contribution is -2.40. The molecule has 0 radical (unpaired) electrons. The molecule has 0 aliphatic carbocycles. The molecule has 0 saturated carbocycles. The third-order valence-electron chi connectivity index (χ3n) is 3.30. The van der Waals surface area contributed by atoms with Crippen LogP contribution in [-0.2, 0) is 4.79 Å². The first-order valence-electron chi connectivity index (χ1n) is 8.06. The van der Waals surface area contributed by atoms with Crippen molar-refractivity contribution >= 4 is 12.0 Å². The monoisotopic (exact) mass is 301 g/mol. The number of likely N-dealkylation sites (N-methyl/N-ethyl adjacent to an activating group) is 1. The summed E-state index contributed by atoms with van der Waals surface area (Å²) in [6.07, 6.45) is 4.82. The molecule has 0 heterocycles. The van der Waals surface area contributed by atoms with Gasteiger partial charge in [0, 0.05) is 26.1 Å². The van der Waals surface area contributed by atoms with Crippen LogP contribution < -0.4 is 10.6 Å². The maximum atomic E-state index is 11.5. The van der Waals surface area contributed by atoms with Gasteiger partial charge in [-0.05, 0) is 32.4 Å². The Labute approximate surface area is 128 Å². The van der Waals surface area contributed by atoms with E-state index in [0.717, 1.165) is 45.3 Å². The zero-order chi connectivity index (χ0) is 15.9. The highest BCUT2D eigenvalue weighted by atomic mass is 16.4. The van der Waals surface area contributed by atoms with Crippen molar-refractivity contribution < 1.29 is 14.7 Å². The molecule has 0 aromatic rings. The summed E-state index contributed by atoms with van der Waals surface area (Å²) in [5, 5.41) is 14.2. The predicted octanol–water partition coefficient (Wildman–Crippen LogP) is 2.05. The van der Waals surface area contributed by atoms with E-state index in [-0.39, 0.29) is 12.5 Å². The molecular formula is C15H31N3O3. The van der Waals surface area contributed by atoms with Crippen molar-refractivity contribution in [3.05, 3.63) is 0 Å². The van der Waals surface area contributed by atoms with Gasteiger partial charge in [-0.2, -0.15) is 0 Å². The van der Waals surface area contributed by atoms with Gasteiger partial charge in [0.05, 0.1) is 0 Å². The summed E-state index contributed by atoms with van der Waals surface area (Å²) >= 11 is 0. The van der Waals surface area contributed by atoms with Gasteiger partial charge in [-0.25, -0.2) is 4.79 Å². The van der Waals surface area contributed by atoms with Gasteiger partial charge >= 0.3 is 12.0 Å². The van der Waals surface area contributed by atoms with Crippen molar-refractivity contribution in [3.63, 3.8) is 0 Å². The topological polar surface area (TPSA) is 81.7 Å². The summed E-state index contributed by atoms with van der Waals surface area (Å²) in [4.78, 5) is 24.2. The Kier molecular flexibility index (Phi) is 12.8. The van der Waals surface area contributed by atoms with E-state index in [1.54, 1.807) is 0 Å². The fourth-order valence-corrected chi connectivity index (χ4v) is 2.09. The molecule has 0 aliphatic rings. The van der Waals surface area contributed by atoms with Crippen LogP contribution in [0.1, 0.15) is 52.4 Å². The molecule has 0 aromatic carbocycles. The molecule has 3 N–H and O–H groups in total. The molecular weight excluding hydrogens is 270 g/mol. The zero-order valence-electron chi connectivity index (χ0n) is 13.5. The van der Waals surface area contributed by atoms with E-state index in [2.05, 4.69) is 29.4 Å². The molecule has 0 bridgehead atoms. The smallest absolute Gasteiger partial charge is 0.314 e. The lowest BCUT2D eigenvalue weighted by Gasteiger charge is -2.19. The summed E-state index contributed by atoms with van der Waals surface area (Å²) in [6, 6.07) is -0.118. The van der Waals surface area contributed by atoms with Gasteiger partial charge in [0.15, 0.2) is 0 Å². The first kappa shape index (κ1) is 19.7. The number of unbranched alkanes of at least 4 members (excludes halogenated alkanes) is 3. The first-order valence-corrected chi connectivity index (χ1v) is 8.06. The number of carboxylic acids is 1. The van der Waals surface area contributed by atoms with Gasteiger partial charge in [-0.15, -0.1) is 0 Å². The molecule has 21 heavy (non-hydrogen) atoms. The van der Waals surface area contributed by atoms with Crippen LogP contribution >= 0.6 is 0 Å². The van der Waals surface area contributed by atoms with Crippen LogP contribution in [0.3, 0.4) is 0 Å². The van der Waals surface area contributed by atoms with Crippen LogP contribution in [-0.4, -0.2) is 54.7 Å². The summed E-state index contributed by atoms with van der Waals surface area (Å²) < 4.78 is 0. The van der Waals surface area contributed by atoms with Gasteiger partial charge in [-0.1, -0.05) is 26.7 Å². The number of hydrogen-bond donors (Lipinski definition) is 3. The molecule has 0 saturated heterocycles. The minimum Gasteiger partial charge on any atom is -0.481 e. The highest BCUT2D eigenvalue weighted by Gasteiger charge is 2.03. The molecule has 0 unspecified atom stereocenters. The van der Waals surface area contributed by atoms with E-state index in [4.69, 9.17) is 5.11 Å². The number of rotatable bonds is 13. The van der Waals surface area contributed by atoms with E-state index in [1.807, 2.05) is 0 Å². The third kappa shape index (κ3) is 13.4. The van der Waals surface area contributed by atoms with E-state index < -0.39 is 5.97 Å². The fraction of sp³-hybridized carbons (Fsp3) is 0.867. The normalized spacial score (nSPS) is 10.6. The summed E-state index contributed by atoms with van der Waals surface area (Å²) in [7, 11) is 0. The van der Waals surface area contributed by atoms with Crippen LogP contribution in [0.4, 0.5) is 4.79 Å². The minimum absolute atomic E-state index is 0.118. The van der Waals surface area contributed by atoms with Crippen LogP contribution in [0.15, 0.2) is 0 Å². The number of aliphatic carboxylic acids is 1. The van der Waals surface area contributed by atoms with Gasteiger partial charge in [-0.3, -0.25) is 4.79 Å². The Balaban J connectivity index is 3.40. The Bertz CT molecular complexity index is 285. The first-order chi connectivity index (χ1) is 10.1. The van der Waals surface area contributed by atoms with Crippen molar-refractivity contribution in [1.82, 2.24) is 15.5 Å². The molecule has 0 aliphatic heterocycles. The van der Waals surface area contributed by atoms with Crippen molar-refractivity contribution in [2.75, 3.05) is 32.7 Å². The quantitative estimate of drug-likeness (QED) is 0.455. The van der Waals surface area contributed by atoms with Crippen LogP contribution in [0.5, 0.6) is 0 Å². The molecule has 6 heteroatoms. The van der Waals surface area contributed by atoms with Gasteiger partial charge in [0.25, 0.3) is 0 Å². The van der Waals surface area contributed by atoms with Crippen LogP contribution in [0.2, 0.25) is 0 Å². The average Bonchev–Trinajstić information content (AvgIpc) is 2.45. The van der Waals surface area contributed by atoms with Crippen molar-refractivity contribution in [1.29, 1.82) is 0 Å². The number of carbonyl (C=O) groups excluding carboxylic acids is 1. The Morgan fingerprint density at radius 2 is 1.62 bits per heavy atom. The summed E-state index contributed by atoms with van der Waals surface area (Å²) in [5.41, 5.74) is 0. The highest BCUT2D eigenvalue weighted by Crippen LogP contribution is 2.01. The molecule has 6 nitrogen and oxygen atoms in total. The molecule has 0 atom stereocenters. The maximum absolute atomic E-state index is 11.5. The second-order valence-corrected chi connectivity index (χ2v) is 5.17. The zero-order valence-corrected chi connectivity index (χ0v) is 13.5. The number of carbonyl (C=O) groups is 2. The van der Waals surface area contributed by atoms with Crippen molar-refractivity contribution in [2.24, 2.45) is 0 Å². The Hall–Kier alpha value is -1.30. The van der Waals surface area contributed by atoms with E-state index >= 15 is 0 Å². The Morgan fingerprint density at radius 1 is 0.952 bits per heavy atom. The molecule has 2 amide bonds. The van der Waals surface area contributed by atoms with Crippen LogP contribution in [0.25, 0.3) is 0 Å². The second-order valence-electron chi connectivity index (χ2n) is 5.17. The van der Waals surface area contributed by atoms with Gasteiger partial charge in [0.1, 0.15) is 0 Å². The third-order valence-corrected chi connectivity index (χ3v) is 3.30. The fourth-order valence-electron chi connectivity index (χ4n) is 2.09. The largest absolute Gasteiger partial charge is 0.481 e. The minimum atomic E-state index is -0.739. The van der Waals surface area contributed by atoms with Crippen LogP contribution in [0, 0.1) is 0 Å². The second kappa shape index (κ2) is 13.7. The number of carboxylic acid groups (broad SMARTS) is 1. The Morgan fingerprint density at radius 3 is 2.24 bits per heavy atom. The summed E-state index contributed by atoms with van der Waals surface area (Å²) in [5.74, 6) is -0.739. The van der Waals surface area contributed by atoms with E-state index in [9.17, 15) is 9.59 Å². The SMILES string of the molecule is CCCN(CC)CCNC(=O)NCCCCCCC(=O)O. The van der Waals surface area contributed by atoms with Crippen molar-refractivity contribution in [2.45, 2.75) is 52.4 Å². The number of amides is 2. The maximum Gasteiger partial charge on any atom is 0.314 e. The number of urea groups is 1. The van der Waals surface area contributed by atoms with Crippen molar-refractivity contribution in [3.8, 4) is 0 Å². The van der Waals surface area contributed by atoms with E-state index in [0.29, 0.717) is 19.5 Å². The number of nitrogens with one attached hydrogen (secondary N) is 2. The van der Waals surface area contributed by atoms with E-state index in [1.165, 1.54) is 0 Å². The molecule has 0 rings (SSSR count). The standard InChI is InChI=1S/C15H31N3O3/c1-3-12-18(4-2)13-11-17-15(21)16-10-8-6-5-7-9-14(19)20/h3-13H2,1-2H3,(H,19,20)(H2,16,17,21). The molecule has 124 valence electrons. The van der Waals surface area contributed by atoms with Gasteiger partial charge < -0.3 is 20.6 Å². The highest BCUT2D eigenvalue weighted by molar-refractivity contribution is 5.73. The molecule has 0 fully saturated rings. The molecule has 0 spiro atoms. The molecule has 0 aromatic heterocycles.